The van der Waals surface area contributed by atoms with E-state index in [9.17, 15) is 9.59 Å². The summed E-state index contributed by atoms with van der Waals surface area (Å²) in [5, 5.41) is 11.5. The van der Waals surface area contributed by atoms with Gasteiger partial charge in [-0.15, -0.1) is 0 Å². The maximum Gasteiger partial charge on any atom is 0.317 e. The van der Waals surface area contributed by atoms with Gasteiger partial charge >= 0.3 is 12.0 Å². The third-order valence-electron chi connectivity index (χ3n) is 5.21. The number of nitrogens with zero attached hydrogens (tertiary/aromatic N) is 1. The monoisotopic (exact) mass is 280 g/mol. The molecule has 112 valence electrons. The fraction of sp³-hybridized carbons (Fsp3) is 0.867. The van der Waals surface area contributed by atoms with Crippen LogP contribution in [0.4, 0.5) is 4.79 Å². The Balaban J connectivity index is 1.54. The van der Waals surface area contributed by atoms with E-state index in [0.717, 1.165) is 18.4 Å². The number of fused-ring (bicyclic) bond motifs is 1. The number of nitrogens with one attached hydrogen (secondary N) is 1. The van der Waals surface area contributed by atoms with Crippen molar-refractivity contribution in [1.82, 2.24) is 10.2 Å². The van der Waals surface area contributed by atoms with E-state index in [4.69, 9.17) is 5.11 Å². The molecular weight excluding hydrogens is 256 g/mol. The van der Waals surface area contributed by atoms with Gasteiger partial charge in [-0.1, -0.05) is 0 Å². The second-order valence-electron chi connectivity index (χ2n) is 6.81. The third-order valence-corrected chi connectivity index (χ3v) is 5.21. The molecule has 2 atom stereocenters. The first kappa shape index (κ1) is 13.7. The summed E-state index contributed by atoms with van der Waals surface area (Å²) in [6, 6.07) is 0.444. The second-order valence-corrected chi connectivity index (χ2v) is 6.81. The number of hydrogen-bond acceptors (Lipinski definition) is 2. The van der Waals surface area contributed by atoms with E-state index >= 15 is 0 Å². The van der Waals surface area contributed by atoms with E-state index in [2.05, 4.69) is 5.32 Å². The van der Waals surface area contributed by atoms with Gasteiger partial charge in [0.05, 0.1) is 0 Å². The molecule has 4 fully saturated rings. The molecule has 0 aromatic carbocycles. The Morgan fingerprint density at radius 3 is 2.35 bits per heavy atom. The summed E-state index contributed by atoms with van der Waals surface area (Å²) in [6.45, 7) is 1.37. The topological polar surface area (TPSA) is 69.6 Å². The molecule has 20 heavy (non-hydrogen) atoms. The fourth-order valence-corrected chi connectivity index (χ4v) is 4.57. The summed E-state index contributed by atoms with van der Waals surface area (Å²) in [5.41, 5.74) is 0. The van der Waals surface area contributed by atoms with E-state index in [1.165, 1.54) is 32.1 Å². The van der Waals surface area contributed by atoms with Gasteiger partial charge in [-0.05, 0) is 56.3 Å². The molecule has 2 saturated carbocycles. The first-order valence-corrected chi connectivity index (χ1v) is 7.88. The minimum atomic E-state index is -0.801. The largest absolute Gasteiger partial charge is 0.481 e. The van der Waals surface area contributed by atoms with Gasteiger partial charge in [0.25, 0.3) is 0 Å². The van der Waals surface area contributed by atoms with Crippen molar-refractivity contribution < 1.29 is 14.7 Å². The molecule has 4 rings (SSSR count). The number of rotatable bonds is 4. The molecule has 0 aromatic heterocycles. The molecule has 4 aliphatic rings. The highest BCUT2D eigenvalue weighted by Crippen LogP contribution is 2.47. The van der Waals surface area contributed by atoms with Crippen LogP contribution in [0.15, 0.2) is 0 Å². The number of carboxylic acids is 1. The van der Waals surface area contributed by atoms with Crippen molar-refractivity contribution in [2.75, 3.05) is 13.1 Å². The standard InChI is InChI=1S/C15H24N2O3/c18-14(19)2-1-3-16-15(20)17-9-12-5-10-4-11(6-12)8-13(17)7-10/h10-13H,1-9H2,(H,16,20)(H,18,19). The van der Waals surface area contributed by atoms with Crippen LogP contribution in [-0.4, -0.2) is 41.1 Å². The van der Waals surface area contributed by atoms with E-state index in [0.29, 0.717) is 24.9 Å². The molecular formula is C15H24N2O3. The number of urea groups is 1. The predicted molar refractivity (Wildman–Crippen MR) is 74.3 cm³/mol. The van der Waals surface area contributed by atoms with Crippen molar-refractivity contribution in [3.05, 3.63) is 0 Å². The normalized spacial score (nSPS) is 34.9. The lowest BCUT2D eigenvalue weighted by molar-refractivity contribution is -0.137. The van der Waals surface area contributed by atoms with Crippen LogP contribution in [0.5, 0.6) is 0 Å². The third kappa shape index (κ3) is 2.91. The maximum absolute atomic E-state index is 12.3. The van der Waals surface area contributed by atoms with E-state index in [1.807, 2.05) is 4.90 Å². The minimum absolute atomic E-state index is 0.0218. The molecule has 2 aliphatic carbocycles. The molecule has 0 radical (unpaired) electrons. The molecule has 5 nitrogen and oxygen atoms in total. The lowest BCUT2D eigenvalue weighted by Gasteiger charge is -2.38. The Kier molecular flexibility index (Phi) is 3.85. The smallest absolute Gasteiger partial charge is 0.317 e. The highest BCUT2D eigenvalue weighted by Gasteiger charge is 2.43. The van der Waals surface area contributed by atoms with Crippen LogP contribution >= 0.6 is 0 Å². The average molecular weight is 280 g/mol. The van der Waals surface area contributed by atoms with Crippen LogP contribution in [0.3, 0.4) is 0 Å². The Morgan fingerprint density at radius 2 is 1.70 bits per heavy atom. The van der Waals surface area contributed by atoms with Gasteiger partial charge in [0, 0.05) is 25.6 Å². The maximum atomic E-state index is 12.3. The summed E-state index contributed by atoms with van der Waals surface area (Å²) in [6.07, 6.45) is 6.96. The Morgan fingerprint density at radius 1 is 1.05 bits per heavy atom. The van der Waals surface area contributed by atoms with Gasteiger partial charge < -0.3 is 15.3 Å². The SMILES string of the molecule is O=C(O)CCCNC(=O)N1CC2CC3CC(C2)CC1C3. The second kappa shape index (κ2) is 5.62. The summed E-state index contributed by atoms with van der Waals surface area (Å²) >= 11 is 0. The zero-order chi connectivity index (χ0) is 14.1. The fourth-order valence-electron chi connectivity index (χ4n) is 4.57. The van der Waals surface area contributed by atoms with Crippen LogP contribution < -0.4 is 5.32 Å². The molecule has 2 unspecified atom stereocenters. The van der Waals surface area contributed by atoms with Crippen LogP contribution in [0.2, 0.25) is 0 Å². The molecule has 0 aromatic rings. The molecule has 2 saturated heterocycles. The van der Waals surface area contributed by atoms with Gasteiger partial charge in [-0.2, -0.15) is 0 Å². The van der Waals surface area contributed by atoms with Crippen molar-refractivity contribution in [3.63, 3.8) is 0 Å². The number of amides is 2. The van der Waals surface area contributed by atoms with E-state index < -0.39 is 5.97 Å². The minimum Gasteiger partial charge on any atom is -0.481 e. The van der Waals surface area contributed by atoms with Crippen molar-refractivity contribution in [1.29, 1.82) is 0 Å². The van der Waals surface area contributed by atoms with Crippen LogP contribution in [-0.2, 0) is 4.79 Å². The lowest BCUT2D eigenvalue weighted by Crippen LogP contribution is -2.47. The first-order valence-electron chi connectivity index (χ1n) is 7.88. The molecule has 2 heterocycles. The Labute approximate surface area is 119 Å². The number of carboxylic acid groups (broad SMARTS) is 1. The lowest BCUT2D eigenvalue weighted by atomic mass is 9.68. The Hall–Kier alpha value is -1.26. The summed E-state index contributed by atoms with van der Waals surface area (Å²) in [5.74, 6) is 1.56. The van der Waals surface area contributed by atoms with Gasteiger partial charge in [-0.3, -0.25) is 4.79 Å². The Bertz CT molecular complexity index is 385. The quantitative estimate of drug-likeness (QED) is 0.775. The van der Waals surface area contributed by atoms with E-state index in [-0.39, 0.29) is 12.5 Å². The average Bonchev–Trinajstić information content (AvgIpc) is 2.58. The van der Waals surface area contributed by atoms with Gasteiger partial charge in [0.2, 0.25) is 0 Å². The van der Waals surface area contributed by atoms with Gasteiger partial charge in [0.1, 0.15) is 0 Å². The van der Waals surface area contributed by atoms with E-state index in [1.54, 1.807) is 0 Å². The number of carbonyl (C=O) groups excluding carboxylic acids is 1. The molecule has 0 spiro atoms. The van der Waals surface area contributed by atoms with Gasteiger partial charge in [-0.25, -0.2) is 4.79 Å². The van der Waals surface area contributed by atoms with Crippen molar-refractivity contribution >= 4 is 12.0 Å². The summed E-state index contributed by atoms with van der Waals surface area (Å²) < 4.78 is 0. The van der Waals surface area contributed by atoms with Gasteiger partial charge in [0.15, 0.2) is 0 Å². The number of carbonyl (C=O) groups is 2. The molecule has 4 bridgehead atoms. The molecule has 2 N–H and O–H groups in total. The summed E-state index contributed by atoms with van der Waals surface area (Å²) in [4.78, 5) is 24.8. The number of aliphatic carboxylic acids is 1. The molecule has 5 heteroatoms. The van der Waals surface area contributed by atoms with Crippen molar-refractivity contribution in [2.24, 2.45) is 17.8 Å². The van der Waals surface area contributed by atoms with Crippen molar-refractivity contribution in [2.45, 2.75) is 51.0 Å². The van der Waals surface area contributed by atoms with Crippen LogP contribution in [0.1, 0.15) is 44.9 Å². The zero-order valence-electron chi connectivity index (χ0n) is 11.9. The number of hydrogen-bond donors (Lipinski definition) is 2. The predicted octanol–water partition coefficient (Wildman–Crippen LogP) is 2.07. The molecule has 2 aliphatic heterocycles. The molecule has 2 amide bonds. The summed E-state index contributed by atoms with van der Waals surface area (Å²) in [7, 11) is 0. The van der Waals surface area contributed by atoms with Crippen LogP contribution in [0.25, 0.3) is 0 Å². The zero-order valence-corrected chi connectivity index (χ0v) is 11.9. The highest BCUT2D eigenvalue weighted by atomic mass is 16.4. The first-order chi connectivity index (χ1) is 9.61. The van der Waals surface area contributed by atoms with Crippen LogP contribution in [0, 0.1) is 17.8 Å². The van der Waals surface area contributed by atoms with Crippen molar-refractivity contribution in [3.8, 4) is 0 Å². The highest BCUT2D eigenvalue weighted by molar-refractivity contribution is 5.74.